The number of hydrogen-bond donors (Lipinski definition) is 2. The number of amides is 1. The second kappa shape index (κ2) is 4.28. The van der Waals surface area contributed by atoms with E-state index < -0.39 is 11.7 Å². The summed E-state index contributed by atoms with van der Waals surface area (Å²) in [7, 11) is 0. The van der Waals surface area contributed by atoms with E-state index in [1.807, 2.05) is 0 Å². The Balaban J connectivity index is 2.24. The SMILES string of the molecule is Nc1c(F)cccc1C(=O)Nc1nccs1. The monoisotopic (exact) mass is 237 g/mol. The number of nitrogens with two attached hydrogens (primary N) is 1. The molecular weight excluding hydrogens is 229 g/mol. The number of para-hydroxylation sites is 1. The van der Waals surface area contributed by atoms with E-state index in [0.717, 1.165) is 0 Å². The number of aromatic nitrogens is 1. The van der Waals surface area contributed by atoms with Gasteiger partial charge in [-0.1, -0.05) is 6.07 Å². The largest absolute Gasteiger partial charge is 0.396 e. The predicted octanol–water partition coefficient (Wildman–Crippen LogP) is 2.12. The van der Waals surface area contributed by atoms with Crippen LogP contribution in [0.3, 0.4) is 0 Å². The van der Waals surface area contributed by atoms with Gasteiger partial charge in [0.2, 0.25) is 0 Å². The van der Waals surface area contributed by atoms with Gasteiger partial charge in [0, 0.05) is 11.6 Å². The number of halogens is 1. The van der Waals surface area contributed by atoms with Gasteiger partial charge in [-0.25, -0.2) is 9.37 Å². The average Bonchev–Trinajstić information content (AvgIpc) is 2.74. The molecule has 0 unspecified atom stereocenters. The van der Waals surface area contributed by atoms with Crippen molar-refractivity contribution in [3.05, 3.63) is 41.2 Å². The summed E-state index contributed by atoms with van der Waals surface area (Å²) in [6.45, 7) is 0. The molecule has 4 nitrogen and oxygen atoms in total. The van der Waals surface area contributed by atoms with Crippen LogP contribution in [0.15, 0.2) is 29.8 Å². The topological polar surface area (TPSA) is 68.0 Å². The lowest BCUT2D eigenvalue weighted by Gasteiger charge is -2.05. The molecule has 0 radical (unpaired) electrons. The number of hydrogen-bond acceptors (Lipinski definition) is 4. The number of rotatable bonds is 2. The molecule has 82 valence electrons. The van der Waals surface area contributed by atoms with Gasteiger partial charge in [0.05, 0.1) is 11.3 Å². The van der Waals surface area contributed by atoms with Gasteiger partial charge in [-0.15, -0.1) is 11.3 Å². The first kappa shape index (κ1) is 10.6. The number of nitrogens with zero attached hydrogens (tertiary/aromatic N) is 1. The number of benzene rings is 1. The molecule has 2 aromatic rings. The highest BCUT2D eigenvalue weighted by molar-refractivity contribution is 7.13. The first-order valence-electron chi connectivity index (χ1n) is 4.43. The third-order valence-electron chi connectivity index (χ3n) is 1.95. The van der Waals surface area contributed by atoms with Crippen molar-refractivity contribution >= 4 is 28.1 Å². The van der Waals surface area contributed by atoms with Gasteiger partial charge < -0.3 is 5.73 Å². The Labute approximate surface area is 94.9 Å². The lowest BCUT2D eigenvalue weighted by molar-refractivity contribution is 0.102. The van der Waals surface area contributed by atoms with E-state index in [2.05, 4.69) is 10.3 Å². The molecule has 0 aliphatic carbocycles. The fourth-order valence-corrected chi connectivity index (χ4v) is 1.71. The molecule has 0 bridgehead atoms. The summed E-state index contributed by atoms with van der Waals surface area (Å²) in [5.41, 5.74) is 5.41. The van der Waals surface area contributed by atoms with E-state index >= 15 is 0 Å². The maximum absolute atomic E-state index is 13.1. The van der Waals surface area contributed by atoms with Crippen molar-refractivity contribution in [1.29, 1.82) is 0 Å². The predicted molar refractivity (Wildman–Crippen MR) is 60.9 cm³/mol. The van der Waals surface area contributed by atoms with Crippen molar-refractivity contribution in [2.24, 2.45) is 0 Å². The van der Waals surface area contributed by atoms with E-state index in [-0.39, 0.29) is 11.3 Å². The van der Waals surface area contributed by atoms with E-state index in [1.165, 1.54) is 29.5 Å². The molecule has 0 saturated heterocycles. The molecule has 0 spiro atoms. The summed E-state index contributed by atoms with van der Waals surface area (Å²) >= 11 is 1.28. The second-order valence-electron chi connectivity index (χ2n) is 2.99. The summed E-state index contributed by atoms with van der Waals surface area (Å²) in [5, 5.41) is 4.71. The summed E-state index contributed by atoms with van der Waals surface area (Å²) in [5.74, 6) is -1.07. The molecule has 1 amide bonds. The molecule has 0 aliphatic heterocycles. The van der Waals surface area contributed by atoms with Gasteiger partial charge in [-0.05, 0) is 12.1 Å². The highest BCUT2D eigenvalue weighted by atomic mass is 32.1. The highest BCUT2D eigenvalue weighted by Gasteiger charge is 2.13. The average molecular weight is 237 g/mol. The van der Waals surface area contributed by atoms with Crippen molar-refractivity contribution in [3.63, 3.8) is 0 Å². The summed E-state index contributed by atoms with van der Waals surface area (Å²) in [4.78, 5) is 15.6. The van der Waals surface area contributed by atoms with Crippen LogP contribution in [0.1, 0.15) is 10.4 Å². The van der Waals surface area contributed by atoms with Gasteiger partial charge in [0.1, 0.15) is 5.82 Å². The maximum Gasteiger partial charge on any atom is 0.259 e. The zero-order valence-corrected chi connectivity index (χ0v) is 8.92. The van der Waals surface area contributed by atoms with Crippen molar-refractivity contribution < 1.29 is 9.18 Å². The first-order chi connectivity index (χ1) is 7.68. The summed E-state index contributed by atoms with van der Waals surface area (Å²) in [6, 6.07) is 4.10. The smallest absolute Gasteiger partial charge is 0.259 e. The minimum absolute atomic E-state index is 0.107. The minimum atomic E-state index is -0.605. The Bertz CT molecular complexity index is 513. The molecule has 0 aliphatic rings. The van der Waals surface area contributed by atoms with Gasteiger partial charge in [0.25, 0.3) is 5.91 Å². The fraction of sp³-hybridized carbons (Fsp3) is 0. The van der Waals surface area contributed by atoms with E-state index in [0.29, 0.717) is 5.13 Å². The van der Waals surface area contributed by atoms with Crippen LogP contribution in [0.25, 0.3) is 0 Å². The molecular formula is C10H8FN3OS. The number of thiazole rings is 1. The summed E-state index contributed by atoms with van der Waals surface area (Å²) < 4.78 is 13.1. The Morgan fingerprint density at radius 2 is 2.31 bits per heavy atom. The highest BCUT2D eigenvalue weighted by Crippen LogP contribution is 2.18. The Hall–Kier alpha value is -1.95. The van der Waals surface area contributed by atoms with Crippen LogP contribution in [-0.4, -0.2) is 10.9 Å². The normalized spacial score (nSPS) is 10.1. The van der Waals surface area contributed by atoms with Crippen LogP contribution in [0.5, 0.6) is 0 Å². The maximum atomic E-state index is 13.1. The molecule has 3 N–H and O–H groups in total. The number of carbonyl (C=O) groups is 1. The molecule has 1 heterocycles. The van der Waals surface area contributed by atoms with E-state index in [9.17, 15) is 9.18 Å². The first-order valence-corrected chi connectivity index (χ1v) is 5.31. The lowest BCUT2D eigenvalue weighted by atomic mass is 10.1. The van der Waals surface area contributed by atoms with E-state index in [1.54, 1.807) is 11.6 Å². The second-order valence-corrected chi connectivity index (χ2v) is 3.89. The van der Waals surface area contributed by atoms with Gasteiger partial charge >= 0.3 is 0 Å². The third-order valence-corrected chi connectivity index (χ3v) is 2.64. The van der Waals surface area contributed by atoms with E-state index in [4.69, 9.17) is 5.73 Å². The molecule has 1 aromatic carbocycles. The molecule has 16 heavy (non-hydrogen) atoms. The number of nitrogens with one attached hydrogen (secondary N) is 1. The fourth-order valence-electron chi connectivity index (χ4n) is 1.18. The lowest BCUT2D eigenvalue weighted by Crippen LogP contribution is -2.14. The van der Waals surface area contributed by atoms with Gasteiger partial charge in [-0.3, -0.25) is 10.1 Å². The van der Waals surface area contributed by atoms with Gasteiger partial charge in [0.15, 0.2) is 5.13 Å². The molecule has 6 heteroatoms. The van der Waals surface area contributed by atoms with Crippen LogP contribution >= 0.6 is 11.3 Å². The zero-order chi connectivity index (χ0) is 11.5. The number of anilines is 2. The van der Waals surface area contributed by atoms with Crippen molar-refractivity contribution in [1.82, 2.24) is 4.98 Å². The van der Waals surface area contributed by atoms with Gasteiger partial charge in [-0.2, -0.15) is 0 Å². The van der Waals surface area contributed by atoms with Crippen molar-refractivity contribution in [2.75, 3.05) is 11.1 Å². The zero-order valence-electron chi connectivity index (χ0n) is 8.11. The quantitative estimate of drug-likeness (QED) is 0.786. The standard InChI is InChI=1S/C10H8FN3OS/c11-7-3-1-2-6(8(7)12)9(15)14-10-13-4-5-16-10/h1-5H,12H2,(H,13,14,15). The van der Waals surface area contributed by atoms with Crippen LogP contribution in [0, 0.1) is 5.82 Å². The Kier molecular flexibility index (Phi) is 2.82. The third kappa shape index (κ3) is 2.01. The minimum Gasteiger partial charge on any atom is -0.396 e. The van der Waals surface area contributed by atoms with Crippen LogP contribution in [-0.2, 0) is 0 Å². The van der Waals surface area contributed by atoms with Crippen LogP contribution in [0.4, 0.5) is 15.2 Å². The molecule has 0 fully saturated rings. The molecule has 0 atom stereocenters. The number of nitrogen functional groups attached to an aromatic ring is 1. The molecule has 1 aromatic heterocycles. The van der Waals surface area contributed by atoms with Crippen molar-refractivity contribution in [3.8, 4) is 0 Å². The van der Waals surface area contributed by atoms with Crippen LogP contribution in [0.2, 0.25) is 0 Å². The Morgan fingerprint density at radius 3 is 3.00 bits per heavy atom. The van der Waals surface area contributed by atoms with Crippen molar-refractivity contribution in [2.45, 2.75) is 0 Å². The van der Waals surface area contributed by atoms with Crippen LogP contribution < -0.4 is 11.1 Å². The molecule has 2 rings (SSSR count). The molecule has 0 saturated carbocycles. The summed E-state index contributed by atoms with van der Waals surface area (Å²) in [6.07, 6.45) is 1.56. The Morgan fingerprint density at radius 1 is 1.50 bits per heavy atom. The number of carbonyl (C=O) groups excluding carboxylic acids is 1.